The zero-order chi connectivity index (χ0) is 20.0. The molecule has 0 saturated carbocycles. The molecule has 1 rings (SSSR count). The minimum atomic E-state index is -2.61. The van der Waals surface area contributed by atoms with E-state index < -0.39 is 14.8 Å². The Kier molecular flexibility index (Phi) is 11.6. The highest BCUT2D eigenvalue weighted by atomic mass is 28.4. The molecule has 0 heterocycles. The summed E-state index contributed by atoms with van der Waals surface area (Å²) in [5.74, 6) is 0.364. The van der Waals surface area contributed by atoms with E-state index in [0.717, 1.165) is 11.3 Å². The van der Waals surface area contributed by atoms with Gasteiger partial charge in [-0.25, -0.2) is 4.79 Å². The van der Waals surface area contributed by atoms with Gasteiger partial charge in [0, 0.05) is 40.1 Å². The maximum absolute atomic E-state index is 11.8. The molecular weight excluding hydrogens is 368 g/mol. The van der Waals surface area contributed by atoms with E-state index in [2.05, 4.69) is 0 Å². The van der Waals surface area contributed by atoms with Gasteiger partial charge in [-0.15, -0.1) is 0 Å². The molecule has 27 heavy (non-hydrogen) atoms. The molecular formula is C19H30O7Si. The predicted molar refractivity (Wildman–Crippen MR) is 105 cm³/mol. The van der Waals surface area contributed by atoms with Crippen LogP contribution in [0.15, 0.2) is 30.3 Å². The zero-order valence-corrected chi connectivity index (χ0v) is 17.6. The Labute approximate surface area is 162 Å². The standard InChI is InChI=1S/C19H30O7Si/c1-5-24-14-15-25-18-10-7-17(8-11-18)9-12-19(20)26-13-6-16-27(21-2,22-3)23-4/h7-12H,5-6,13-16H2,1-4H3. The zero-order valence-electron chi connectivity index (χ0n) is 16.6. The summed E-state index contributed by atoms with van der Waals surface area (Å²) >= 11 is 0. The molecule has 0 spiro atoms. The van der Waals surface area contributed by atoms with Crippen LogP contribution in [0, 0.1) is 0 Å². The van der Waals surface area contributed by atoms with Crippen molar-refractivity contribution in [1.82, 2.24) is 0 Å². The highest BCUT2D eigenvalue weighted by Crippen LogP contribution is 2.15. The van der Waals surface area contributed by atoms with Crippen molar-refractivity contribution in [3.8, 4) is 5.75 Å². The topological polar surface area (TPSA) is 72.5 Å². The van der Waals surface area contributed by atoms with Crippen LogP contribution in [0.4, 0.5) is 0 Å². The van der Waals surface area contributed by atoms with Crippen molar-refractivity contribution in [3.63, 3.8) is 0 Å². The van der Waals surface area contributed by atoms with Crippen molar-refractivity contribution in [3.05, 3.63) is 35.9 Å². The summed E-state index contributed by atoms with van der Waals surface area (Å²) in [5, 5.41) is 0. The smallest absolute Gasteiger partial charge is 0.491 e. The van der Waals surface area contributed by atoms with Gasteiger partial charge in [-0.3, -0.25) is 0 Å². The number of esters is 1. The monoisotopic (exact) mass is 398 g/mol. The molecule has 0 aromatic heterocycles. The minimum absolute atomic E-state index is 0.278. The Morgan fingerprint density at radius 1 is 1.00 bits per heavy atom. The van der Waals surface area contributed by atoms with Crippen molar-refractivity contribution in [2.24, 2.45) is 0 Å². The molecule has 8 heteroatoms. The third kappa shape index (κ3) is 9.16. The molecule has 0 N–H and O–H groups in total. The van der Waals surface area contributed by atoms with Crippen LogP contribution in [0.3, 0.4) is 0 Å². The van der Waals surface area contributed by atoms with E-state index in [-0.39, 0.29) is 6.61 Å². The van der Waals surface area contributed by atoms with Crippen LogP contribution >= 0.6 is 0 Å². The van der Waals surface area contributed by atoms with E-state index in [1.54, 1.807) is 27.4 Å². The van der Waals surface area contributed by atoms with Crippen LogP contribution in [-0.4, -0.2) is 62.5 Å². The summed E-state index contributed by atoms with van der Waals surface area (Å²) in [6.07, 6.45) is 3.71. The quantitative estimate of drug-likeness (QED) is 0.206. The van der Waals surface area contributed by atoms with Crippen molar-refractivity contribution < 1.29 is 32.3 Å². The third-order valence-electron chi connectivity index (χ3n) is 3.80. The second kappa shape index (κ2) is 13.5. The van der Waals surface area contributed by atoms with Gasteiger partial charge in [0.05, 0.1) is 13.2 Å². The number of carbonyl (C=O) groups is 1. The lowest BCUT2D eigenvalue weighted by Crippen LogP contribution is -2.42. The van der Waals surface area contributed by atoms with Gasteiger partial charge < -0.3 is 27.5 Å². The summed E-state index contributed by atoms with van der Waals surface area (Å²) in [6, 6.07) is 8.02. The first kappa shape index (κ1) is 23.3. The number of hydrogen-bond acceptors (Lipinski definition) is 7. The van der Waals surface area contributed by atoms with Gasteiger partial charge in [-0.2, -0.15) is 0 Å². The van der Waals surface area contributed by atoms with Gasteiger partial charge >= 0.3 is 14.8 Å². The highest BCUT2D eigenvalue weighted by Gasteiger charge is 2.36. The first-order chi connectivity index (χ1) is 13.1. The molecule has 0 aliphatic carbocycles. The van der Waals surface area contributed by atoms with Gasteiger partial charge in [0.2, 0.25) is 0 Å². The van der Waals surface area contributed by atoms with E-state index in [1.807, 2.05) is 31.2 Å². The highest BCUT2D eigenvalue weighted by molar-refractivity contribution is 6.60. The molecule has 0 bridgehead atoms. The molecule has 1 aromatic rings. The Bertz CT molecular complexity index is 547. The first-order valence-corrected chi connectivity index (χ1v) is 10.8. The van der Waals surface area contributed by atoms with E-state index in [4.69, 9.17) is 27.5 Å². The second-order valence-corrected chi connectivity index (χ2v) is 8.60. The Morgan fingerprint density at radius 2 is 1.67 bits per heavy atom. The molecule has 1 aromatic carbocycles. The lowest BCUT2D eigenvalue weighted by molar-refractivity contribution is -0.137. The SMILES string of the molecule is CCOCCOc1ccc(C=CC(=O)OCCC[Si](OC)(OC)OC)cc1. The maximum atomic E-state index is 11.8. The molecule has 0 fully saturated rings. The van der Waals surface area contributed by atoms with Crippen LogP contribution in [-0.2, 0) is 27.5 Å². The van der Waals surface area contributed by atoms with Gasteiger partial charge in [0.15, 0.2) is 0 Å². The van der Waals surface area contributed by atoms with E-state index in [1.165, 1.54) is 6.08 Å². The number of carbonyl (C=O) groups excluding carboxylic acids is 1. The Hall–Kier alpha value is -1.71. The molecule has 152 valence electrons. The number of benzene rings is 1. The summed E-state index contributed by atoms with van der Waals surface area (Å²) in [6.45, 7) is 3.97. The predicted octanol–water partition coefficient (Wildman–Crippen LogP) is 2.93. The fourth-order valence-electron chi connectivity index (χ4n) is 2.27. The van der Waals surface area contributed by atoms with Gasteiger partial charge in [-0.1, -0.05) is 12.1 Å². The average Bonchev–Trinajstić information content (AvgIpc) is 2.71. The largest absolute Gasteiger partial charge is 0.500 e. The Morgan fingerprint density at radius 3 is 2.26 bits per heavy atom. The van der Waals surface area contributed by atoms with Crippen molar-refractivity contribution in [2.75, 3.05) is 47.8 Å². The fraction of sp³-hybridized carbons (Fsp3) is 0.526. The summed E-state index contributed by atoms with van der Waals surface area (Å²) in [7, 11) is 2.07. The molecule has 0 radical (unpaired) electrons. The van der Waals surface area contributed by atoms with Crippen molar-refractivity contribution in [1.29, 1.82) is 0 Å². The van der Waals surface area contributed by atoms with Crippen molar-refractivity contribution >= 4 is 20.8 Å². The second-order valence-electron chi connectivity index (χ2n) is 5.51. The molecule has 0 saturated heterocycles. The lowest BCUT2D eigenvalue weighted by atomic mass is 10.2. The van der Waals surface area contributed by atoms with Crippen molar-refractivity contribution in [2.45, 2.75) is 19.4 Å². The number of ether oxygens (including phenoxy) is 3. The Balaban J connectivity index is 2.32. The van der Waals surface area contributed by atoms with Gasteiger partial charge in [0.1, 0.15) is 12.4 Å². The first-order valence-electron chi connectivity index (χ1n) is 8.90. The molecule has 7 nitrogen and oxygen atoms in total. The summed E-state index contributed by atoms with van der Waals surface area (Å²) in [5.41, 5.74) is 0.883. The molecule has 0 atom stereocenters. The fourth-order valence-corrected chi connectivity index (χ4v) is 3.96. The minimum Gasteiger partial charge on any atom is -0.491 e. The van der Waals surface area contributed by atoms with Gasteiger partial charge in [0.25, 0.3) is 0 Å². The van der Waals surface area contributed by atoms with Crippen LogP contribution in [0.2, 0.25) is 6.04 Å². The van der Waals surface area contributed by atoms with Crippen LogP contribution in [0.5, 0.6) is 5.75 Å². The molecule has 0 amide bonds. The molecule has 0 aliphatic heterocycles. The molecule has 0 aliphatic rings. The van der Waals surface area contributed by atoms with E-state index in [9.17, 15) is 4.79 Å². The van der Waals surface area contributed by atoms with Crippen LogP contribution in [0.25, 0.3) is 6.08 Å². The van der Waals surface area contributed by atoms with E-state index >= 15 is 0 Å². The molecule has 0 unspecified atom stereocenters. The summed E-state index contributed by atoms with van der Waals surface area (Å²) in [4.78, 5) is 11.8. The lowest BCUT2D eigenvalue weighted by Gasteiger charge is -2.23. The number of hydrogen-bond donors (Lipinski definition) is 0. The number of rotatable bonds is 14. The third-order valence-corrected chi connectivity index (χ3v) is 6.63. The van der Waals surface area contributed by atoms with Crippen LogP contribution < -0.4 is 4.74 Å². The van der Waals surface area contributed by atoms with Crippen LogP contribution in [0.1, 0.15) is 18.9 Å². The normalized spacial score (nSPS) is 11.7. The maximum Gasteiger partial charge on any atom is 0.500 e. The van der Waals surface area contributed by atoms with Gasteiger partial charge in [-0.05, 0) is 37.1 Å². The average molecular weight is 399 g/mol. The van der Waals surface area contributed by atoms with E-state index in [0.29, 0.717) is 32.3 Å². The summed E-state index contributed by atoms with van der Waals surface area (Å²) < 4.78 is 31.9.